The molecule has 2 rings (SSSR count). The van der Waals surface area contributed by atoms with Gasteiger partial charge in [0.25, 0.3) is 0 Å². The molecule has 118 valence electrons. The van der Waals surface area contributed by atoms with Crippen LogP contribution in [-0.2, 0) is 11.2 Å². The van der Waals surface area contributed by atoms with Crippen molar-refractivity contribution >= 4 is 5.91 Å². The quantitative estimate of drug-likeness (QED) is 0.760. The van der Waals surface area contributed by atoms with Crippen LogP contribution in [0, 0.1) is 0 Å². The lowest BCUT2D eigenvalue weighted by molar-refractivity contribution is -0.121. The lowest BCUT2D eigenvalue weighted by Crippen LogP contribution is -2.27. The average Bonchev–Trinajstić information content (AvgIpc) is 2.99. The first-order valence-corrected chi connectivity index (χ1v) is 7.56. The number of aryl methyl sites for hydroxylation is 1. The van der Waals surface area contributed by atoms with Gasteiger partial charge >= 0.3 is 0 Å². The van der Waals surface area contributed by atoms with E-state index in [4.69, 9.17) is 4.42 Å². The molecule has 0 unspecified atom stereocenters. The third-order valence-electron chi connectivity index (χ3n) is 3.28. The minimum atomic E-state index is 0.0400. The third-order valence-corrected chi connectivity index (χ3v) is 3.28. The zero-order chi connectivity index (χ0) is 15.8. The van der Waals surface area contributed by atoms with Crippen LogP contribution in [0.4, 0.5) is 0 Å². The molecule has 0 atom stereocenters. The number of hydrogen-bond donors (Lipinski definition) is 1. The van der Waals surface area contributed by atoms with Crippen LogP contribution in [0.3, 0.4) is 0 Å². The summed E-state index contributed by atoms with van der Waals surface area (Å²) >= 11 is 0. The number of aromatic nitrogens is 1. The SMILES string of the molecule is CN(C)CCCNC(=O)CCc1ncc(-c2ccccc2)o1. The van der Waals surface area contributed by atoms with Crippen molar-refractivity contribution in [3.8, 4) is 11.3 Å². The summed E-state index contributed by atoms with van der Waals surface area (Å²) < 4.78 is 5.68. The number of carbonyl (C=O) groups is 1. The van der Waals surface area contributed by atoms with E-state index in [1.54, 1.807) is 6.20 Å². The van der Waals surface area contributed by atoms with E-state index in [9.17, 15) is 4.79 Å². The number of nitrogens with zero attached hydrogens (tertiary/aromatic N) is 2. The maximum atomic E-state index is 11.7. The Kier molecular flexibility index (Phi) is 6.15. The predicted octanol–water partition coefficient (Wildman–Crippen LogP) is 2.34. The monoisotopic (exact) mass is 301 g/mol. The van der Waals surface area contributed by atoms with E-state index < -0.39 is 0 Å². The van der Waals surface area contributed by atoms with E-state index >= 15 is 0 Å². The molecule has 0 aliphatic carbocycles. The minimum absolute atomic E-state index is 0.0400. The Balaban J connectivity index is 1.73. The van der Waals surface area contributed by atoms with Crippen molar-refractivity contribution in [2.24, 2.45) is 0 Å². The number of rotatable bonds is 8. The molecule has 1 amide bonds. The molecule has 0 aliphatic rings. The summed E-state index contributed by atoms with van der Waals surface area (Å²) in [7, 11) is 4.05. The van der Waals surface area contributed by atoms with Gasteiger partial charge in [-0.25, -0.2) is 4.98 Å². The number of carbonyl (C=O) groups excluding carboxylic acids is 1. The highest BCUT2D eigenvalue weighted by molar-refractivity contribution is 5.76. The second-order valence-corrected chi connectivity index (χ2v) is 5.49. The average molecular weight is 301 g/mol. The van der Waals surface area contributed by atoms with Crippen LogP contribution in [0.1, 0.15) is 18.7 Å². The number of nitrogens with one attached hydrogen (secondary N) is 1. The molecule has 0 bridgehead atoms. The Morgan fingerprint density at radius 3 is 2.77 bits per heavy atom. The van der Waals surface area contributed by atoms with Gasteiger partial charge < -0.3 is 14.6 Å². The van der Waals surface area contributed by atoms with Crippen LogP contribution in [-0.4, -0.2) is 43.0 Å². The van der Waals surface area contributed by atoms with Gasteiger partial charge in [0, 0.05) is 24.9 Å². The van der Waals surface area contributed by atoms with Gasteiger partial charge in [0.2, 0.25) is 5.91 Å². The summed E-state index contributed by atoms with van der Waals surface area (Å²) in [6, 6.07) is 9.82. The molecule has 22 heavy (non-hydrogen) atoms. The summed E-state index contributed by atoms with van der Waals surface area (Å²) in [5, 5.41) is 2.91. The first-order valence-electron chi connectivity index (χ1n) is 7.56. The summed E-state index contributed by atoms with van der Waals surface area (Å²) in [5.41, 5.74) is 0.995. The van der Waals surface area contributed by atoms with E-state index in [1.807, 2.05) is 44.4 Å². The molecule has 1 N–H and O–H groups in total. The molecule has 5 heteroatoms. The summed E-state index contributed by atoms with van der Waals surface area (Å²) in [4.78, 5) is 18.1. The largest absolute Gasteiger partial charge is 0.441 e. The van der Waals surface area contributed by atoms with Crippen molar-refractivity contribution in [2.45, 2.75) is 19.3 Å². The molecule has 0 saturated heterocycles. The topological polar surface area (TPSA) is 58.4 Å². The molecule has 1 aromatic heterocycles. The highest BCUT2D eigenvalue weighted by Crippen LogP contribution is 2.20. The van der Waals surface area contributed by atoms with Gasteiger partial charge in [-0.15, -0.1) is 0 Å². The van der Waals surface area contributed by atoms with Crippen molar-refractivity contribution in [3.05, 3.63) is 42.4 Å². The molecular formula is C17H23N3O2. The molecule has 5 nitrogen and oxygen atoms in total. The Labute approximate surface area is 131 Å². The van der Waals surface area contributed by atoms with Gasteiger partial charge in [0.15, 0.2) is 11.7 Å². The van der Waals surface area contributed by atoms with E-state index in [2.05, 4.69) is 15.2 Å². The fourth-order valence-corrected chi connectivity index (χ4v) is 2.09. The normalized spacial score (nSPS) is 10.9. The van der Waals surface area contributed by atoms with Crippen molar-refractivity contribution in [3.63, 3.8) is 0 Å². The van der Waals surface area contributed by atoms with Crippen LogP contribution < -0.4 is 5.32 Å². The second-order valence-electron chi connectivity index (χ2n) is 5.49. The fraction of sp³-hybridized carbons (Fsp3) is 0.412. The maximum absolute atomic E-state index is 11.7. The first-order chi connectivity index (χ1) is 10.6. The van der Waals surface area contributed by atoms with Gasteiger partial charge in [-0.3, -0.25) is 4.79 Å². The molecule has 0 fully saturated rings. The van der Waals surface area contributed by atoms with Crippen LogP contribution >= 0.6 is 0 Å². The van der Waals surface area contributed by atoms with Crippen LogP contribution in [0.25, 0.3) is 11.3 Å². The lowest BCUT2D eigenvalue weighted by atomic mass is 10.2. The molecule has 0 saturated carbocycles. The highest BCUT2D eigenvalue weighted by atomic mass is 16.4. The fourth-order valence-electron chi connectivity index (χ4n) is 2.09. The first kappa shape index (κ1) is 16.2. The molecule has 0 radical (unpaired) electrons. The summed E-state index contributed by atoms with van der Waals surface area (Å²) in [5.74, 6) is 1.38. The van der Waals surface area contributed by atoms with Gasteiger partial charge in [0.05, 0.1) is 6.20 Å². The number of benzene rings is 1. The standard InChI is InChI=1S/C17H23N3O2/c1-20(2)12-6-11-18-16(21)9-10-17-19-13-15(22-17)14-7-4-3-5-8-14/h3-5,7-8,13H,6,9-12H2,1-2H3,(H,18,21). The zero-order valence-corrected chi connectivity index (χ0v) is 13.2. The Morgan fingerprint density at radius 2 is 2.05 bits per heavy atom. The molecular weight excluding hydrogens is 278 g/mol. The van der Waals surface area contributed by atoms with Crippen molar-refractivity contribution in [1.29, 1.82) is 0 Å². The molecule has 1 aromatic carbocycles. The Hall–Kier alpha value is -2.14. The zero-order valence-electron chi connectivity index (χ0n) is 13.2. The second kappa shape index (κ2) is 8.34. The Bertz CT molecular complexity index is 579. The van der Waals surface area contributed by atoms with E-state index in [0.717, 1.165) is 24.3 Å². The number of amides is 1. The van der Waals surface area contributed by atoms with E-state index in [0.29, 0.717) is 25.3 Å². The van der Waals surface area contributed by atoms with E-state index in [1.165, 1.54) is 0 Å². The third kappa shape index (κ3) is 5.33. The number of hydrogen-bond acceptors (Lipinski definition) is 4. The minimum Gasteiger partial charge on any atom is -0.441 e. The summed E-state index contributed by atoms with van der Waals surface area (Å²) in [6.45, 7) is 1.68. The van der Waals surface area contributed by atoms with Gasteiger partial charge in [0.1, 0.15) is 0 Å². The van der Waals surface area contributed by atoms with Crippen molar-refractivity contribution < 1.29 is 9.21 Å². The maximum Gasteiger partial charge on any atom is 0.220 e. The lowest BCUT2D eigenvalue weighted by Gasteiger charge is -2.09. The smallest absolute Gasteiger partial charge is 0.220 e. The van der Waals surface area contributed by atoms with Crippen LogP contribution in [0.15, 0.2) is 40.9 Å². The van der Waals surface area contributed by atoms with Crippen molar-refractivity contribution in [1.82, 2.24) is 15.2 Å². The van der Waals surface area contributed by atoms with Crippen LogP contribution in [0.2, 0.25) is 0 Å². The van der Waals surface area contributed by atoms with E-state index in [-0.39, 0.29) is 5.91 Å². The predicted molar refractivity (Wildman–Crippen MR) is 86.4 cm³/mol. The molecule has 0 aliphatic heterocycles. The van der Waals surface area contributed by atoms with Gasteiger partial charge in [-0.05, 0) is 27.1 Å². The molecule has 1 heterocycles. The molecule has 2 aromatic rings. The van der Waals surface area contributed by atoms with Crippen molar-refractivity contribution in [2.75, 3.05) is 27.2 Å². The summed E-state index contributed by atoms with van der Waals surface area (Å²) in [6.07, 6.45) is 3.58. The Morgan fingerprint density at radius 1 is 1.27 bits per heavy atom. The van der Waals surface area contributed by atoms with Gasteiger partial charge in [-0.2, -0.15) is 0 Å². The number of oxazole rings is 1. The van der Waals surface area contributed by atoms with Crippen LogP contribution in [0.5, 0.6) is 0 Å². The highest BCUT2D eigenvalue weighted by Gasteiger charge is 2.08. The van der Waals surface area contributed by atoms with Gasteiger partial charge in [-0.1, -0.05) is 30.3 Å². The molecule has 0 spiro atoms.